The van der Waals surface area contributed by atoms with Gasteiger partial charge in [0.25, 0.3) is 0 Å². The van der Waals surface area contributed by atoms with E-state index in [1.165, 1.54) is 5.56 Å². The van der Waals surface area contributed by atoms with Crippen LogP contribution in [-0.2, 0) is 6.16 Å². The molecule has 2 heteroatoms. The van der Waals surface area contributed by atoms with E-state index in [9.17, 15) is 0 Å². The van der Waals surface area contributed by atoms with Crippen LogP contribution in [0.25, 0.3) is 0 Å². The maximum atomic E-state index is 2.69. The van der Waals surface area contributed by atoms with Crippen LogP contribution in [0.5, 0.6) is 0 Å². The summed E-state index contributed by atoms with van der Waals surface area (Å²) in [6.45, 7) is 0. The molecule has 0 bridgehead atoms. The Balaban J connectivity index is 0.000000640. The predicted octanol–water partition coefficient (Wildman–Crippen LogP) is 2.64. The summed E-state index contributed by atoms with van der Waals surface area (Å²) in [5.74, 6) is 0. The van der Waals surface area contributed by atoms with Gasteiger partial charge in [0.1, 0.15) is 0 Å². The lowest BCUT2D eigenvalue weighted by Crippen LogP contribution is -1.70. The normalized spacial score (nSPS) is 8.11. The van der Waals surface area contributed by atoms with E-state index in [2.05, 4.69) is 33.5 Å². The van der Waals surface area contributed by atoms with Crippen molar-refractivity contribution in [2.75, 3.05) is 0 Å². The molecular formula is C7H10BrP. The molecule has 0 radical (unpaired) electrons. The molecule has 1 rings (SSSR count). The highest BCUT2D eigenvalue weighted by Crippen LogP contribution is 2.02. The van der Waals surface area contributed by atoms with Crippen LogP contribution < -0.4 is 0 Å². The second-order valence-electron chi connectivity index (χ2n) is 1.69. The Morgan fingerprint density at radius 2 is 1.67 bits per heavy atom. The quantitative estimate of drug-likeness (QED) is 0.618. The molecule has 9 heavy (non-hydrogen) atoms. The van der Waals surface area contributed by atoms with Crippen LogP contribution >= 0.6 is 26.2 Å². The van der Waals surface area contributed by atoms with Crippen LogP contribution in [0.15, 0.2) is 30.3 Å². The van der Waals surface area contributed by atoms with Gasteiger partial charge in [-0.3, -0.25) is 0 Å². The maximum absolute atomic E-state index is 2.69. The van der Waals surface area contributed by atoms with Gasteiger partial charge in [-0.2, -0.15) is 0 Å². The SMILES string of the molecule is Br.PCc1ccccc1. The van der Waals surface area contributed by atoms with Crippen LogP contribution in [0.2, 0.25) is 0 Å². The van der Waals surface area contributed by atoms with Gasteiger partial charge in [-0.05, 0) is 11.7 Å². The fourth-order valence-electron chi connectivity index (χ4n) is 0.614. The van der Waals surface area contributed by atoms with Crippen LogP contribution in [0.1, 0.15) is 5.56 Å². The Hall–Kier alpha value is 0.130. The van der Waals surface area contributed by atoms with Crippen molar-refractivity contribution < 1.29 is 0 Å². The summed E-state index contributed by atoms with van der Waals surface area (Å²) in [6.07, 6.45) is 1.06. The lowest BCUT2D eigenvalue weighted by molar-refractivity contribution is 1.42. The van der Waals surface area contributed by atoms with Crippen molar-refractivity contribution in [2.45, 2.75) is 6.16 Å². The summed E-state index contributed by atoms with van der Waals surface area (Å²) in [5.41, 5.74) is 1.37. The van der Waals surface area contributed by atoms with E-state index in [-0.39, 0.29) is 17.0 Å². The van der Waals surface area contributed by atoms with Crippen molar-refractivity contribution >= 4 is 26.2 Å². The molecule has 0 aliphatic heterocycles. The number of halogens is 1. The van der Waals surface area contributed by atoms with Gasteiger partial charge in [0, 0.05) is 0 Å². The first-order chi connectivity index (χ1) is 3.93. The van der Waals surface area contributed by atoms with Crippen molar-refractivity contribution in [3.8, 4) is 0 Å². The molecule has 50 valence electrons. The molecule has 1 aromatic rings. The average molecular weight is 205 g/mol. The Morgan fingerprint density at radius 3 is 2.00 bits per heavy atom. The van der Waals surface area contributed by atoms with Gasteiger partial charge in [-0.25, -0.2) is 0 Å². The number of benzene rings is 1. The summed E-state index contributed by atoms with van der Waals surface area (Å²) in [7, 11) is 2.69. The van der Waals surface area contributed by atoms with Gasteiger partial charge < -0.3 is 0 Å². The molecule has 0 saturated heterocycles. The van der Waals surface area contributed by atoms with E-state index < -0.39 is 0 Å². The van der Waals surface area contributed by atoms with Gasteiger partial charge in [-0.1, -0.05) is 30.3 Å². The third-order valence-corrected chi connectivity index (χ3v) is 1.55. The minimum absolute atomic E-state index is 0. The molecule has 0 spiro atoms. The van der Waals surface area contributed by atoms with Crippen LogP contribution in [0.4, 0.5) is 0 Å². The second kappa shape index (κ2) is 4.96. The Bertz CT molecular complexity index is 150. The van der Waals surface area contributed by atoms with Gasteiger partial charge in [0.15, 0.2) is 0 Å². The summed E-state index contributed by atoms with van der Waals surface area (Å²) in [6, 6.07) is 10.4. The molecule has 0 saturated carbocycles. The molecule has 1 unspecified atom stereocenters. The van der Waals surface area contributed by atoms with E-state index in [1.54, 1.807) is 0 Å². The summed E-state index contributed by atoms with van der Waals surface area (Å²) < 4.78 is 0. The fraction of sp³-hybridized carbons (Fsp3) is 0.143. The van der Waals surface area contributed by atoms with Gasteiger partial charge in [0.2, 0.25) is 0 Å². The smallest absolute Gasteiger partial charge is 0.0128 e. The van der Waals surface area contributed by atoms with Crippen molar-refractivity contribution in [3.05, 3.63) is 35.9 Å². The van der Waals surface area contributed by atoms with Crippen LogP contribution in [-0.4, -0.2) is 0 Å². The molecule has 0 N–H and O–H groups in total. The van der Waals surface area contributed by atoms with Crippen molar-refractivity contribution in [3.63, 3.8) is 0 Å². The second-order valence-corrected chi connectivity index (χ2v) is 2.10. The zero-order chi connectivity index (χ0) is 5.82. The lowest BCUT2D eigenvalue weighted by atomic mass is 10.2. The average Bonchev–Trinajstić information content (AvgIpc) is 1.90. The van der Waals surface area contributed by atoms with Crippen LogP contribution in [0.3, 0.4) is 0 Å². The lowest BCUT2D eigenvalue weighted by Gasteiger charge is -1.89. The fourth-order valence-corrected chi connectivity index (χ4v) is 0.886. The zero-order valence-corrected chi connectivity index (χ0v) is 7.95. The topological polar surface area (TPSA) is 0 Å². The number of rotatable bonds is 1. The first kappa shape index (κ1) is 9.13. The first-order valence-electron chi connectivity index (χ1n) is 2.67. The molecule has 0 fully saturated rings. The molecular weight excluding hydrogens is 195 g/mol. The highest BCUT2D eigenvalue weighted by Gasteiger charge is 1.80. The number of hydrogen-bond acceptors (Lipinski definition) is 0. The molecule has 0 nitrogen and oxygen atoms in total. The largest absolute Gasteiger partial charge is 0.133 e. The Morgan fingerprint density at radius 1 is 1.11 bits per heavy atom. The molecule has 0 aromatic heterocycles. The monoisotopic (exact) mass is 204 g/mol. The number of hydrogen-bond donors (Lipinski definition) is 0. The molecule has 0 aliphatic carbocycles. The minimum atomic E-state index is 0. The van der Waals surface area contributed by atoms with Gasteiger partial charge in [0.05, 0.1) is 0 Å². The summed E-state index contributed by atoms with van der Waals surface area (Å²) in [4.78, 5) is 0. The Kier molecular flexibility index (Phi) is 5.03. The van der Waals surface area contributed by atoms with E-state index in [4.69, 9.17) is 0 Å². The molecule has 1 aromatic carbocycles. The van der Waals surface area contributed by atoms with E-state index in [1.807, 2.05) is 6.07 Å². The van der Waals surface area contributed by atoms with Crippen molar-refractivity contribution in [1.29, 1.82) is 0 Å². The zero-order valence-electron chi connectivity index (χ0n) is 5.08. The highest BCUT2D eigenvalue weighted by atomic mass is 79.9. The molecule has 0 aliphatic rings. The molecule has 0 heterocycles. The minimum Gasteiger partial charge on any atom is -0.133 e. The maximum Gasteiger partial charge on any atom is -0.0128 e. The molecule has 1 atom stereocenters. The summed E-state index contributed by atoms with van der Waals surface area (Å²) >= 11 is 0. The standard InChI is InChI=1S/C7H9P.BrH/c8-6-7-4-2-1-3-5-7;/h1-5H,6,8H2;1H. The van der Waals surface area contributed by atoms with Gasteiger partial charge in [-0.15, -0.1) is 26.2 Å². The van der Waals surface area contributed by atoms with Crippen molar-refractivity contribution in [1.82, 2.24) is 0 Å². The first-order valence-corrected chi connectivity index (χ1v) is 3.49. The molecule has 0 amide bonds. The third-order valence-electron chi connectivity index (χ3n) is 1.08. The van der Waals surface area contributed by atoms with Crippen LogP contribution in [0, 0.1) is 0 Å². The van der Waals surface area contributed by atoms with E-state index in [0.29, 0.717) is 0 Å². The summed E-state index contributed by atoms with van der Waals surface area (Å²) in [5, 5.41) is 0. The third kappa shape index (κ3) is 2.98. The van der Waals surface area contributed by atoms with Gasteiger partial charge >= 0.3 is 0 Å². The van der Waals surface area contributed by atoms with E-state index in [0.717, 1.165) is 6.16 Å². The highest BCUT2D eigenvalue weighted by molar-refractivity contribution is 8.93. The Labute approximate surface area is 68.6 Å². The predicted molar refractivity (Wildman–Crippen MR) is 50.2 cm³/mol. The van der Waals surface area contributed by atoms with Crippen molar-refractivity contribution in [2.24, 2.45) is 0 Å². The van der Waals surface area contributed by atoms with E-state index >= 15 is 0 Å².